The summed E-state index contributed by atoms with van der Waals surface area (Å²) >= 11 is 0. The van der Waals surface area contributed by atoms with Crippen LogP contribution >= 0.6 is 0 Å². The molecule has 0 aliphatic rings. The van der Waals surface area contributed by atoms with Gasteiger partial charge in [0.05, 0.1) is 21.8 Å². The molecule has 6 aromatic rings. The van der Waals surface area contributed by atoms with E-state index in [0.29, 0.717) is 0 Å². The van der Waals surface area contributed by atoms with Gasteiger partial charge in [-0.15, -0.1) is 0 Å². The number of carbonyl (C=O) groups excluding carboxylic acids is 2. The van der Waals surface area contributed by atoms with Crippen molar-refractivity contribution >= 4 is 33.7 Å². The second-order valence-electron chi connectivity index (χ2n) is 10.2. The highest BCUT2D eigenvalue weighted by atomic mass is 32.2. The minimum Gasteiger partial charge on any atom is -0.542 e. The van der Waals surface area contributed by atoms with E-state index in [2.05, 4.69) is 187 Å². The Hall–Kier alpha value is -5.36. The Kier molecular flexibility index (Phi) is 14.0. The standard InChI is InChI=1S/2C18H15S.C4H2F4O5/c2*1-4-10-16(11-5-1)19(17-12-6-2-7-13-17)18-14-8-3-9-15-18;5-3(6,1(9)10)13-4(7,8)2(11)12/h2*1-15H;(H,9,10)(H,11,12)/q2*+1;/p-2. The van der Waals surface area contributed by atoms with Crippen molar-refractivity contribution in [3.8, 4) is 0 Å². The van der Waals surface area contributed by atoms with Crippen LogP contribution in [0.2, 0.25) is 0 Å². The van der Waals surface area contributed by atoms with Gasteiger partial charge in [0.2, 0.25) is 0 Å². The summed E-state index contributed by atoms with van der Waals surface area (Å²) in [5.74, 6) is -6.57. The average molecular weight is 731 g/mol. The predicted octanol–water partition coefficient (Wildman–Crippen LogP) is 7.25. The van der Waals surface area contributed by atoms with Gasteiger partial charge in [-0.25, -0.2) is 4.74 Å². The topological polar surface area (TPSA) is 89.5 Å². The smallest absolute Gasteiger partial charge is 0.402 e. The van der Waals surface area contributed by atoms with Crippen LogP contribution < -0.4 is 10.2 Å². The fourth-order valence-corrected chi connectivity index (χ4v) is 8.61. The number of halogens is 4. The predicted molar refractivity (Wildman–Crippen MR) is 184 cm³/mol. The molecule has 0 spiro atoms. The molecule has 0 saturated carbocycles. The van der Waals surface area contributed by atoms with Gasteiger partial charge < -0.3 is 19.8 Å². The average Bonchev–Trinajstić information content (AvgIpc) is 3.15. The molecule has 0 aliphatic heterocycles. The van der Waals surface area contributed by atoms with Gasteiger partial charge in [-0.3, -0.25) is 0 Å². The Morgan fingerprint density at radius 1 is 0.373 bits per heavy atom. The number of hydrogen-bond acceptors (Lipinski definition) is 5. The highest BCUT2D eigenvalue weighted by Crippen LogP contribution is 2.32. The summed E-state index contributed by atoms with van der Waals surface area (Å²) in [6, 6.07) is 64.3. The maximum Gasteiger partial charge on any atom is 0.402 e. The molecule has 0 bridgehead atoms. The summed E-state index contributed by atoms with van der Waals surface area (Å²) in [6.07, 6.45) is -10.8. The number of rotatable bonds is 10. The van der Waals surface area contributed by atoms with Crippen LogP contribution in [0, 0.1) is 0 Å². The van der Waals surface area contributed by atoms with Gasteiger partial charge >= 0.3 is 12.2 Å². The quantitative estimate of drug-likeness (QED) is 0.110. The van der Waals surface area contributed by atoms with Crippen LogP contribution in [0.4, 0.5) is 17.6 Å². The molecule has 5 nitrogen and oxygen atoms in total. The van der Waals surface area contributed by atoms with E-state index in [1.807, 2.05) is 0 Å². The molecule has 6 aromatic carbocycles. The van der Waals surface area contributed by atoms with Crippen molar-refractivity contribution in [1.82, 2.24) is 0 Å². The van der Waals surface area contributed by atoms with Crippen molar-refractivity contribution in [2.75, 3.05) is 0 Å². The van der Waals surface area contributed by atoms with Crippen molar-refractivity contribution in [3.63, 3.8) is 0 Å². The van der Waals surface area contributed by atoms with Crippen LogP contribution in [0.1, 0.15) is 0 Å². The number of hydrogen-bond donors (Lipinski definition) is 0. The van der Waals surface area contributed by atoms with Crippen LogP contribution in [-0.2, 0) is 36.1 Å². The molecule has 0 amide bonds. The Bertz CT molecular complexity index is 1590. The number of alkyl halides is 4. The monoisotopic (exact) mass is 730 g/mol. The molecule has 0 unspecified atom stereocenters. The molecular formula is C40H30F4O5S2. The molecule has 0 saturated heterocycles. The molecule has 0 heterocycles. The van der Waals surface area contributed by atoms with Crippen molar-refractivity contribution in [1.29, 1.82) is 0 Å². The van der Waals surface area contributed by atoms with E-state index in [1.54, 1.807) is 0 Å². The van der Waals surface area contributed by atoms with Crippen molar-refractivity contribution in [3.05, 3.63) is 182 Å². The molecule has 0 radical (unpaired) electrons. The van der Waals surface area contributed by atoms with Gasteiger partial charge in [-0.2, -0.15) is 17.6 Å². The summed E-state index contributed by atoms with van der Waals surface area (Å²) in [5.41, 5.74) is 0. The Morgan fingerprint density at radius 3 is 0.667 bits per heavy atom. The molecule has 11 heteroatoms. The SMILES string of the molecule is O=C([O-])C(F)(F)OC(F)(F)C(=O)[O-].c1ccc([S+](c2ccccc2)c2ccccc2)cc1.c1ccc([S+](c2ccccc2)c2ccccc2)cc1. The zero-order chi connectivity index (χ0) is 36.7. The second kappa shape index (κ2) is 18.6. The van der Waals surface area contributed by atoms with E-state index < -0.39 is 24.2 Å². The number of carboxylic acid groups (broad SMARTS) is 2. The summed E-state index contributed by atoms with van der Waals surface area (Å²) in [5, 5.41) is 18.8. The number of aliphatic carboxylic acids is 2. The lowest BCUT2D eigenvalue weighted by Gasteiger charge is -2.24. The second-order valence-corrected chi connectivity index (χ2v) is 14.3. The van der Waals surface area contributed by atoms with Gasteiger partial charge in [0, 0.05) is 0 Å². The van der Waals surface area contributed by atoms with Gasteiger partial charge in [-0.05, 0) is 72.8 Å². The molecule has 0 aliphatic carbocycles. The van der Waals surface area contributed by atoms with E-state index in [1.165, 1.54) is 29.4 Å². The van der Waals surface area contributed by atoms with E-state index in [4.69, 9.17) is 0 Å². The third kappa shape index (κ3) is 11.3. The summed E-state index contributed by atoms with van der Waals surface area (Å²) in [4.78, 5) is 26.9. The van der Waals surface area contributed by atoms with E-state index in [0.717, 1.165) is 0 Å². The van der Waals surface area contributed by atoms with E-state index in [9.17, 15) is 37.4 Å². The zero-order valence-electron chi connectivity index (χ0n) is 26.7. The highest BCUT2D eigenvalue weighted by Gasteiger charge is 2.46. The van der Waals surface area contributed by atoms with E-state index in [-0.39, 0.29) is 21.8 Å². The number of ether oxygens (including phenoxy) is 1. The largest absolute Gasteiger partial charge is 0.542 e. The van der Waals surface area contributed by atoms with E-state index >= 15 is 0 Å². The lowest BCUT2D eigenvalue weighted by Crippen LogP contribution is -2.53. The minimum absolute atomic E-state index is 0.0146. The molecule has 0 aromatic heterocycles. The summed E-state index contributed by atoms with van der Waals surface area (Å²) in [6.45, 7) is 0. The molecular weight excluding hydrogens is 701 g/mol. The Labute approximate surface area is 298 Å². The summed E-state index contributed by atoms with van der Waals surface area (Å²) in [7, 11) is -0.0293. The molecule has 6 rings (SSSR count). The summed E-state index contributed by atoms with van der Waals surface area (Å²) < 4.78 is 49.1. The zero-order valence-corrected chi connectivity index (χ0v) is 28.3. The first-order chi connectivity index (χ1) is 24.5. The maximum atomic E-state index is 11.7. The first kappa shape index (κ1) is 38.4. The lowest BCUT2D eigenvalue weighted by molar-refractivity contribution is -0.424. The molecule has 0 fully saturated rings. The van der Waals surface area contributed by atoms with Crippen LogP contribution in [0.25, 0.3) is 0 Å². The third-order valence-electron chi connectivity index (χ3n) is 6.61. The molecule has 260 valence electrons. The van der Waals surface area contributed by atoms with Gasteiger partial charge in [0.1, 0.15) is 11.9 Å². The number of benzene rings is 6. The van der Waals surface area contributed by atoms with Crippen molar-refractivity contribution in [2.45, 2.75) is 41.6 Å². The maximum absolute atomic E-state index is 11.7. The molecule has 0 N–H and O–H groups in total. The highest BCUT2D eigenvalue weighted by molar-refractivity contribution is 7.97. The third-order valence-corrected chi connectivity index (χ3v) is 11.1. The van der Waals surface area contributed by atoms with Crippen LogP contribution in [-0.4, -0.2) is 24.2 Å². The normalized spacial score (nSPS) is 11.1. The van der Waals surface area contributed by atoms with Crippen LogP contribution in [0.5, 0.6) is 0 Å². The first-order valence-electron chi connectivity index (χ1n) is 15.2. The Morgan fingerprint density at radius 2 is 0.529 bits per heavy atom. The molecule has 0 atom stereocenters. The van der Waals surface area contributed by atoms with Gasteiger partial charge in [-0.1, -0.05) is 109 Å². The number of carboxylic acids is 2. The lowest BCUT2D eigenvalue weighted by atomic mass is 10.4. The van der Waals surface area contributed by atoms with Crippen molar-refractivity contribution < 1.29 is 42.1 Å². The van der Waals surface area contributed by atoms with Crippen molar-refractivity contribution in [2.24, 2.45) is 0 Å². The minimum atomic E-state index is -5.40. The first-order valence-corrected chi connectivity index (χ1v) is 17.6. The fourth-order valence-electron chi connectivity index (χ4n) is 4.40. The fraction of sp³-hybridized carbons (Fsp3) is 0.0500. The van der Waals surface area contributed by atoms with Gasteiger partial charge in [0.15, 0.2) is 29.4 Å². The van der Waals surface area contributed by atoms with Crippen LogP contribution in [0.3, 0.4) is 0 Å². The number of carbonyl (C=O) groups is 2. The Balaban J connectivity index is 0.000000176. The molecule has 51 heavy (non-hydrogen) atoms. The van der Waals surface area contributed by atoms with Gasteiger partial charge in [0.25, 0.3) is 0 Å². The van der Waals surface area contributed by atoms with Crippen LogP contribution in [0.15, 0.2) is 211 Å².